The van der Waals surface area contributed by atoms with E-state index in [1.807, 2.05) is 73.7 Å². The van der Waals surface area contributed by atoms with Gasteiger partial charge in [0.2, 0.25) is 0 Å². The monoisotopic (exact) mass is 553 g/mol. The van der Waals surface area contributed by atoms with Gasteiger partial charge in [0.15, 0.2) is 11.5 Å². The molecule has 1 N–H and O–H groups in total. The Bertz CT molecular complexity index is 1470. The number of carbonyl (C=O) groups is 2. The summed E-state index contributed by atoms with van der Waals surface area (Å²) in [6.07, 6.45) is 3.01. The van der Waals surface area contributed by atoms with E-state index >= 15 is 0 Å². The largest absolute Gasteiger partial charge is 0.497 e. The molecule has 5 rings (SSSR count). The maximum atomic E-state index is 14.0. The second-order valence-corrected chi connectivity index (χ2v) is 10.2. The zero-order valence-corrected chi connectivity index (χ0v) is 23.8. The van der Waals surface area contributed by atoms with E-state index in [9.17, 15) is 9.59 Å². The predicted octanol–water partition coefficient (Wildman–Crippen LogP) is 5.72. The van der Waals surface area contributed by atoms with E-state index in [2.05, 4.69) is 11.4 Å². The number of fused-ring (bicyclic) bond motifs is 1. The molecule has 41 heavy (non-hydrogen) atoms. The van der Waals surface area contributed by atoms with Gasteiger partial charge in [-0.25, -0.2) is 4.79 Å². The van der Waals surface area contributed by atoms with Gasteiger partial charge in [0, 0.05) is 41.6 Å². The molecule has 0 spiro atoms. The van der Waals surface area contributed by atoms with Crippen LogP contribution >= 0.6 is 0 Å². The number of hydrogen-bond acceptors (Lipinski definition) is 7. The summed E-state index contributed by atoms with van der Waals surface area (Å²) in [5.74, 6) is 0.0463. The van der Waals surface area contributed by atoms with Gasteiger partial charge in [-0.15, -0.1) is 0 Å². The number of nitrogens with one attached hydrogen (secondary N) is 1. The quantitative estimate of drug-likeness (QED) is 0.340. The maximum absolute atomic E-state index is 14.0. The first kappa shape index (κ1) is 28.0. The number of methoxy groups -OCH3 is 3. The van der Waals surface area contributed by atoms with Crippen LogP contribution in [-0.2, 0) is 20.7 Å². The van der Waals surface area contributed by atoms with Crippen molar-refractivity contribution in [2.75, 3.05) is 27.9 Å². The molecule has 3 aromatic carbocycles. The van der Waals surface area contributed by atoms with Crippen LogP contribution in [0.5, 0.6) is 17.2 Å². The molecule has 0 amide bonds. The first-order valence-corrected chi connectivity index (χ1v) is 13.7. The highest BCUT2D eigenvalue weighted by atomic mass is 16.5. The van der Waals surface area contributed by atoms with Crippen LogP contribution < -0.4 is 19.5 Å². The highest BCUT2D eigenvalue weighted by Gasteiger charge is 2.46. The van der Waals surface area contributed by atoms with Gasteiger partial charge < -0.3 is 24.3 Å². The number of ketones is 1. The van der Waals surface area contributed by atoms with Crippen LogP contribution in [0.1, 0.15) is 41.9 Å². The fourth-order valence-corrected chi connectivity index (χ4v) is 5.89. The van der Waals surface area contributed by atoms with Crippen molar-refractivity contribution in [1.29, 1.82) is 0 Å². The lowest BCUT2D eigenvalue weighted by Gasteiger charge is -2.40. The number of benzene rings is 3. The third-order valence-electron chi connectivity index (χ3n) is 7.86. The van der Waals surface area contributed by atoms with Crippen LogP contribution in [0.25, 0.3) is 0 Å². The molecule has 0 fully saturated rings. The van der Waals surface area contributed by atoms with Gasteiger partial charge in [-0.1, -0.05) is 60.7 Å². The minimum absolute atomic E-state index is 0.0350. The van der Waals surface area contributed by atoms with E-state index in [0.29, 0.717) is 41.2 Å². The molecule has 3 atom stereocenters. The summed E-state index contributed by atoms with van der Waals surface area (Å²) >= 11 is 0. The van der Waals surface area contributed by atoms with Crippen molar-refractivity contribution in [2.24, 2.45) is 5.92 Å². The second kappa shape index (κ2) is 12.3. The third kappa shape index (κ3) is 5.71. The van der Waals surface area contributed by atoms with Crippen LogP contribution in [0, 0.1) is 5.92 Å². The van der Waals surface area contributed by atoms with Crippen molar-refractivity contribution in [3.05, 3.63) is 113 Å². The standard InChI is InChI=1S/C34H35NO6/c1-21-30(34(37)41-18-17-22-9-6-5-7-10-22)31(26-11-8-12-29(39-3)33(26)40-4)32-27(35-21)19-24(20-28(32)36)23-13-15-25(38-2)16-14-23/h5-16,19,24,31-32,35H,17-18,20H2,1-4H3. The molecule has 0 bridgehead atoms. The van der Waals surface area contributed by atoms with E-state index < -0.39 is 17.8 Å². The van der Waals surface area contributed by atoms with Crippen LogP contribution in [0.2, 0.25) is 0 Å². The molecule has 0 saturated carbocycles. The topological polar surface area (TPSA) is 83.1 Å². The zero-order chi connectivity index (χ0) is 28.9. The Kier molecular flexibility index (Phi) is 8.43. The molecule has 1 heterocycles. The Morgan fingerprint density at radius 2 is 1.63 bits per heavy atom. The fraction of sp³-hybridized carbons (Fsp3) is 0.294. The van der Waals surface area contributed by atoms with Crippen LogP contribution in [0.15, 0.2) is 95.8 Å². The number of allylic oxidation sites excluding steroid dienone is 3. The molecule has 1 aliphatic heterocycles. The van der Waals surface area contributed by atoms with Crippen molar-refractivity contribution in [3.8, 4) is 17.2 Å². The van der Waals surface area contributed by atoms with Crippen LogP contribution in [-0.4, -0.2) is 39.7 Å². The molecule has 7 heteroatoms. The van der Waals surface area contributed by atoms with Crippen LogP contribution in [0.3, 0.4) is 0 Å². The van der Waals surface area contributed by atoms with Gasteiger partial charge in [-0.3, -0.25) is 4.79 Å². The van der Waals surface area contributed by atoms with E-state index in [1.54, 1.807) is 27.4 Å². The Morgan fingerprint density at radius 3 is 2.32 bits per heavy atom. The molecule has 3 unspecified atom stereocenters. The lowest BCUT2D eigenvalue weighted by molar-refractivity contribution is -0.139. The first-order valence-electron chi connectivity index (χ1n) is 13.7. The zero-order valence-electron chi connectivity index (χ0n) is 23.8. The first-order chi connectivity index (χ1) is 19.9. The Hall–Kier alpha value is -4.52. The molecule has 3 aromatic rings. The summed E-state index contributed by atoms with van der Waals surface area (Å²) in [7, 11) is 4.76. The predicted molar refractivity (Wildman–Crippen MR) is 156 cm³/mol. The number of hydrogen-bond donors (Lipinski definition) is 1. The number of para-hydroxylation sites is 1. The van der Waals surface area contributed by atoms with Crippen molar-refractivity contribution < 1.29 is 28.5 Å². The van der Waals surface area contributed by atoms with Gasteiger partial charge in [-0.2, -0.15) is 0 Å². The minimum atomic E-state index is -0.610. The molecule has 0 saturated heterocycles. The average Bonchev–Trinajstić information content (AvgIpc) is 3.00. The Morgan fingerprint density at radius 1 is 0.878 bits per heavy atom. The van der Waals surface area contributed by atoms with Crippen molar-refractivity contribution in [2.45, 2.75) is 31.6 Å². The molecular formula is C34H35NO6. The molecule has 212 valence electrons. The second-order valence-electron chi connectivity index (χ2n) is 10.2. The normalized spacial score (nSPS) is 20.0. The number of esters is 1. The number of carbonyl (C=O) groups excluding carboxylic acids is 2. The lowest BCUT2D eigenvalue weighted by Crippen LogP contribution is -2.42. The van der Waals surface area contributed by atoms with Gasteiger partial charge in [-0.05, 0) is 36.2 Å². The maximum Gasteiger partial charge on any atom is 0.336 e. The fourth-order valence-electron chi connectivity index (χ4n) is 5.89. The van der Waals surface area contributed by atoms with E-state index in [0.717, 1.165) is 22.6 Å². The molecule has 0 aromatic heterocycles. The summed E-state index contributed by atoms with van der Waals surface area (Å²) in [5, 5.41) is 3.40. The summed E-state index contributed by atoms with van der Waals surface area (Å²) in [6, 6.07) is 23.2. The molecule has 0 radical (unpaired) electrons. The SMILES string of the molecule is COc1ccc(C2C=C3NC(C)=C(C(=O)OCCc4ccccc4)C(c4cccc(OC)c4OC)C3C(=O)C2)cc1. The molecular weight excluding hydrogens is 518 g/mol. The number of rotatable bonds is 9. The van der Waals surface area contributed by atoms with Crippen molar-refractivity contribution >= 4 is 11.8 Å². The average molecular weight is 554 g/mol. The van der Waals surface area contributed by atoms with E-state index in [4.69, 9.17) is 18.9 Å². The summed E-state index contributed by atoms with van der Waals surface area (Å²) in [5.41, 5.74) is 4.65. The highest BCUT2D eigenvalue weighted by Crippen LogP contribution is 2.50. The van der Waals surface area contributed by atoms with Crippen molar-refractivity contribution in [1.82, 2.24) is 5.32 Å². The molecule has 2 aliphatic rings. The lowest BCUT2D eigenvalue weighted by atomic mass is 9.68. The highest BCUT2D eigenvalue weighted by molar-refractivity contribution is 5.96. The summed E-state index contributed by atoms with van der Waals surface area (Å²) in [4.78, 5) is 27.7. The smallest absolute Gasteiger partial charge is 0.336 e. The van der Waals surface area contributed by atoms with Gasteiger partial charge in [0.05, 0.1) is 39.4 Å². The summed E-state index contributed by atoms with van der Waals surface area (Å²) in [6.45, 7) is 2.08. The summed E-state index contributed by atoms with van der Waals surface area (Å²) < 4.78 is 22.5. The Labute approximate surface area is 240 Å². The third-order valence-corrected chi connectivity index (χ3v) is 7.86. The van der Waals surface area contributed by atoms with Gasteiger partial charge >= 0.3 is 5.97 Å². The number of Topliss-reactive ketones (excluding diaryl/α,β-unsaturated/α-hetero) is 1. The van der Waals surface area contributed by atoms with Gasteiger partial charge in [0.25, 0.3) is 0 Å². The van der Waals surface area contributed by atoms with E-state index in [1.165, 1.54) is 0 Å². The van der Waals surface area contributed by atoms with Crippen LogP contribution in [0.4, 0.5) is 0 Å². The molecule has 7 nitrogen and oxygen atoms in total. The number of ether oxygens (including phenoxy) is 4. The molecule has 1 aliphatic carbocycles. The van der Waals surface area contributed by atoms with Gasteiger partial charge in [0.1, 0.15) is 11.5 Å². The Balaban J connectivity index is 1.54. The van der Waals surface area contributed by atoms with E-state index in [-0.39, 0.29) is 18.3 Å². The minimum Gasteiger partial charge on any atom is -0.497 e. The van der Waals surface area contributed by atoms with Crippen molar-refractivity contribution in [3.63, 3.8) is 0 Å².